The van der Waals surface area contributed by atoms with E-state index in [1.165, 1.54) is 12.1 Å². The zero-order chi connectivity index (χ0) is 14.5. The maximum atomic E-state index is 12.2. The van der Waals surface area contributed by atoms with E-state index in [2.05, 4.69) is 5.32 Å². The fourth-order valence-corrected chi connectivity index (χ4v) is 2.48. The summed E-state index contributed by atoms with van der Waals surface area (Å²) in [7, 11) is 1.94. The van der Waals surface area contributed by atoms with Crippen molar-refractivity contribution in [3.63, 3.8) is 0 Å². The third-order valence-corrected chi connectivity index (χ3v) is 3.73. The van der Waals surface area contributed by atoms with Gasteiger partial charge in [0.1, 0.15) is 0 Å². The first-order chi connectivity index (χ1) is 9.60. The number of nitrogens with one attached hydrogen (secondary N) is 1. The summed E-state index contributed by atoms with van der Waals surface area (Å²) in [5, 5.41) is 13.9. The van der Waals surface area contributed by atoms with Crippen LogP contribution < -0.4 is 5.32 Å². The standard InChI is InChI=1S/C14H19N3O3.ClH/c1-15-12-5-7-16(8-6-12)14(18)10-11-3-2-4-13(9-11)17(19)20;/h2-4,9,12,15H,5-8,10H2,1H3;1H. The molecule has 0 aliphatic carbocycles. The molecule has 0 unspecified atom stereocenters. The molecular weight excluding hydrogens is 294 g/mol. The molecule has 1 aromatic carbocycles. The van der Waals surface area contributed by atoms with Gasteiger partial charge in [0.05, 0.1) is 11.3 Å². The van der Waals surface area contributed by atoms with Gasteiger partial charge in [0.2, 0.25) is 5.91 Å². The number of hydrogen-bond acceptors (Lipinski definition) is 4. The first kappa shape index (κ1) is 17.4. The Kier molecular flexibility index (Phi) is 6.58. The average Bonchev–Trinajstić information content (AvgIpc) is 2.47. The molecule has 6 nitrogen and oxygen atoms in total. The van der Waals surface area contributed by atoms with Crippen molar-refractivity contribution in [3.05, 3.63) is 39.9 Å². The lowest BCUT2D eigenvalue weighted by atomic mass is 10.0. The van der Waals surface area contributed by atoms with Gasteiger partial charge in [0.15, 0.2) is 0 Å². The van der Waals surface area contributed by atoms with Gasteiger partial charge in [-0.2, -0.15) is 0 Å². The third kappa shape index (κ3) is 4.68. The summed E-state index contributed by atoms with van der Waals surface area (Å²) in [6.45, 7) is 1.50. The Balaban J connectivity index is 0.00000220. The number of benzene rings is 1. The van der Waals surface area contributed by atoms with E-state index >= 15 is 0 Å². The van der Waals surface area contributed by atoms with Gasteiger partial charge >= 0.3 is 0 Å². The van der Waals surface area contributed by atoms with E-state index in [-0.39, 0.29) is 30.4 Å². The van der Waals surface area contributed by atoms with Crippen molar-refractivity contribution in [3.8, 4) is 0 Å². The smallest absolute Gasteiger partial charge is 0.269 e. The number of likely N-dealkylation sites (tertiary alicyclic amines) is 1. The maximum Gasteiger partial charge on any atom is 0.269 e. The molecular formula is C14H20ClN3O3. The quantitative estimate of drug-likeness (QED) is 0.679. The fourth-order valence-electron chi connectivity index (χ4n) is 2.48. The normalized spacial score (nSPS) is 15.4. The molecule has 1 fully saturated rings. The van der Waals surface area contributed by atoms with Crippen LogP contribution in [0.15, 0.2) is 24.3 Å². The van der Waals surface area contributed by atoms with E-state index in [1.807, 2.05) is 11.9 Å². The molecule has 1 amide bonds. The maximum absolute atomic E-state index is 12.2. The Hall–Kier alpha value is -1.66. The van der Waals surface area contributed by atoms with Gasteiger partial charge in [-0.25, -0.2) is 0 Å². The van der Waals surface area contributed by atoms with Crippen LogP contribution in [-0.2, 0) is 11.2 Å². The number of non-ortho nitro benzene ring substituents is 1. The number of piperidine rings is 1. The number of carbonyl (C=O) groups excluding carboxylic acids is 1. The van der Waals surface area contributed by atoms with Gasteiger partial charge in [0, 0.05) is 31.3 Å². The second-order valence-electron chi connectivity index (χ2n) is 5.05. The van der Waals surface area contributed by atoms with Crippen molar-refractivity contribution in [2.45, 2.75) is 25.3 Å². The molecule has 0 radical (unpaired) electrons. The molecule has 1 saturated heterocycles. The Morgan fingerprint density at radius 2 is 2.10 bits per heavy atom. The van der Waals surface area contributed by atoms with E-state index in [1.54, 1.807) is 12.1 Å². The SMILES string of the molecule is CNC1CCN(C(=O)Cc2cccc([N+](=O)[O-])c2)CC1.Cl. The summed E-state index contributed by atoms with van der Waals surface area (Å²) < 4.78 is 0. The highest BCUT2D eigenvalue weighted by Crippen LogP contribution is 2.16. The number of carbonyl (C=O) groups is 1. The Labute approximate surface area is 130 Å². The van der Waals surface area contributed by atoms with Gasteiger partial charge in [-0.05, 0) is 25.5 Å². The minimum atomic E-state index is -0.438. The molecule has 7 heteroatoms. The van der Waals surface area contributed by atoms with Crippen LogP contribution in [0.5, 0.6) is 0 Å². The predicted molar refractivity (Wildman–Crippen MR) is 82.7 cm³/mol. The first-order valence-corrected chi connectivity index (χ1v) is 6.78. The van der Waals surface area contributed by atoms with Crippen molar-refractivity contribution >= 4 is 24.0 Å². The highest BCUT2D eigenvalue weighted by atomic mass is 35.5. The fraction of sp³-hybridized carbons (Fsp3) is 0.500. The van der Waals surface area contributed by atoms with Crippen LogP contribution in [0.3, 0.4) is 0 Å². The average molecular weight is 314 g/mol. The Bertz CT molecular complexity index is 502. The number of rotatable bonds is 4. The van der Waals surface area contributed by atoms with Gasteiger partial charge in [-0.3, -0.25) is 14.9 Å². The van der Waals surface area contributed by atoms with Crippen LogP contribution in [-0.4, -0.2) is 41.9 Å². The third-order valence-electron chi connectivity index (χ3n) is 3.73. The second kappa shape index (κ2) is 7.95. The molecule has 0 bridgehead atoms. The minimum absolute atomic E-state index is 0. The van der Waals surface area contributed by atoms with Crippen molar-refractivity contribution < 1.29 is 9.72 Å². The van der Waals surface area contributed by atoms with Crippen molar-refractivity contribution in [1.82, 2.24) is 10.2 Å². The summed E-state index contributed by atoms with van der Waals surface area (Å²) in [6.07, 6.45) is 2.14. The van der Waals surface area contributed by atoms with E-state index in [9.17, 15) is 14.9 Å². The number of halogens is 1. The summed E-state index contributed by atoms with van der Waals surface area (Å²) in [6, 6.07) is 6.76. The molecule has 0 aromatic heterocycles. The molecule has 0 saturated carbocycles. The minimum Gasteiger partial charge on any atom is -0.342 e. The molecule has 1 N–H and O–H groups in total. The summed E-state index contributed by atoms with van der Waals surface area (Å²) in [5.74, 6) is 0.0417. The highest BCUT2D eigenvalue weighted by molar-refractivity contribution is 5.85. The summed E-state index contributed by atoms with van der Waals surface area (Å²) >= 11 is 0. The zero-order valence-electron chi connectivity index (χ0n) is 11.9. The molecule has 0 spiro atoms. The lowest BCUT2D eigenvalue weighted by molar-refractivity contribution is -0.384. The lowest BCUT2D eigenvalue weighted by Gasteiger charge is -2.31. The number of nitro benzene ring substituents is 1. The van der Waals surface area contributed by atoms with E-state index in [0.717, 1.165) is 25.9 Å². The number of nitro groups is 1. The molecule has 116 valence electrons. The van der Waals surface area contributed by atoms with Gasteiger partial charge in [0.25, 0.3) is 5.69 Å². The van der Waals surface area contributed by atoms with Crippen LogP contribution in [0, 0.1) is 10.1 Å². The second-order valence-corrected chi connectivity index (χ2v) is 5.05. The van der Waals surface area contributed by atoms with Crippen LogP contribution in [0.4, 0.5) is 5.69 Å². The van der Waals surface area contributed by atoms with Crippen molar-refractivity contribution in [1.29, 1.82) is 0 Å². The number of hydrogen-bond donors (Lipinski definition) is 1. The first-order valence-electron chi connectivity index (χ1n) is 6.78. The van der Waals surface area contributed by atoms with E-state index in [0.29, 0.717) is 11.6 Å². The highest BCUT2D eigenvalue weighted by Gasteiger charge is 2.22. The van der Waals surface area contributed by atoms with Crippen molar-refractivity contribution in [2.24, 2.45) is 0 Å². The van der Waals surface area contributed by atoms with Gasteiger partial charge < -0.3 is 10.2 Å². The molecule has 1 heterocycles. The van der Waals surface area contributed by atoms with Gasteiger partial charge in [-0.1, -0.05) is 12.1 Å². The Morgan fingerprint density at radius 1 is 1.43 bits per heavy atom. The zero-order valence-corrected chi connectivity index (χ0v) is 12.8. The van der Waals surface area contributed by atoms with Crippen LogP contribution in [0.1, 0.15) is 18.4 Å². The summed E-state index contributed by atoms with van der Waals surface area (Å²) in [5.41, 5.74) is 0.726. The van der Waals surface area contributed by atoms with Crippen LogP contribution in [0.2, 0.25) is 0 Å². The molecule has 21 heavy (non-hydrogen) atoms. The van der Waals surface area contributed by atoms with Crippen molar-refractivity contribution in [2.75, 3.05) is 20.1 Å². The molecule has 0 atom stereocenters. The number of nitrogens with zero attached hydrogens (tertiary/aromatic N) is 2. The lowest BCUT2D eigenvalue weighted by Crippen LogP contribution is -2.44. The van der Waals surface area contributed by atoms with Gasteiger partial charge in [-0.15, -0.1) is 12.4 Å². The van der Waals surface area contributed by atoms with E-state index < -0.39 is 4.92 Å². The number of amides is 1. The van der Waals surface area contributed by atoms with Crippen LogP contribution >= 0.6 is 12.4 Å². The predicted octanol–water partition coefficient (Wildman–Crippen LogP) is 1.77. The topological polar surface area (TPSA) is 75.5 Å². The van der Waals surface area contributed by atoms with Crippen LogP contribution in [0.25, 0.3) is 0 Å². The molecule has 1 aromatic rings. The van der Waals surface area contributed by atoms with E-state index in [4.69, 9.17) is 0 Å². The Morgan fingerprint density at radius 3 is 2.67 bits per heavy atom. The molecule has 1 aliphatic heterocycles. The molecule has 2 rings (SSSR count). The monoisotopic (exact) mass is 313 g/mol. The molecule has 1 aliphatic rings. The summed E-state index contributed by atoms with van der Waals surface area (Å²) in [4.78, 5) is 24.3. The largest absolute Gasteiger partial charge is 0.342 e.